The predicted octanol–water partition coefficient (Wildman–Crippen LogP) is 0.789. The number of carbonyl (C=O) groups excluding carboxylic acids is 3. The van der Waals surface area contributed by atoms with E-state index < -0.39 is 30.4 Å². The molecular weight excluding hydrogens is 397 g/mol. The van der Waals surface area contributed by atoms with Gasteiger partial charge in [-0.1, -0.05) is 96.8 Å². The maximum Gasteiger partial charge on any atom is 1.00 e. The van der Waals surface area contributed by atoms with E-state index in [-0.39, 0.29) is 57.8 Å². The molecular formula is C22H40KNO5. The fourth-order valence-corrected chi connectivity index (χ4v) is 3.14. The van der Waals surface area contributed by atoms with Gasteiger partial charge in [-0.15, -0.1) is 0 Å². The number of carboxylic acids is 1. The van der Waals surface area contributed by atoms with Gasteiger partial charge in [-0.3, -0.25) is 4.79 Å². The molecule has 7 heteroatoms. The van der Waals surface area contributed by atoms with Crippen LogP contribution in [0.15, 0.2) is 0 Å². The van der Waals surface area contributed by atoms with E-state index in [9.17, 15) is 19.5 Å². The van der Waals surface area contributed by atoms with Gasteiger partial charge in [-0.25, -0.2) is 4.79 Å². The maximum atomic E-state index is 11.5. The standard InChI is InChI=1S/C22H41NO5.K/c1-2-3-4-5-6-7-8-9-10-11-12-13-14-15-16-17-21(26)28-22(27)19(23)18-20(24)25;/h19H,2-18,23H2,1H3,(H,24,25);/q;+1/p-1/t19-;/m1./s1. The number of hydrogen-bond acceptors (Lipinski definition) is 6. The van der Waals surface area contributed by atoms with Crippen molar-refractivity contribution in [1.29, 1.82) is 0 Å². The van der Waals surface area contributed by atoms with E-state index in [1.54, 1.807) is 0 Å². The smallest absolute Gasteiger partial charge is 0.550 e. The van der Waals surface area contributed by atoms with Gasteiger partial charge < -0.3 is 20.4 Å². The summed E-state index contributed by atoms with van der Waals surface area (Å²) in [6.07, 6.45) is 18.1. The molecule has 0 saturated carbocycles. The third kappa shape index (κ3) is 22.7. The summed E-state index contributed by atoms with van der Waals surface area (Å²) in [6, 6.07) is -1.35. The molecule has 0 rings (SSSR count). The van der Waals surface area contributed by atoms with E-state index in [0.717, 1.165) is 12.8 Å². The molecule has 0 amide bonds. The van der Waals surface area contributed by atoms with Crippen LogP contribution >= 0.6 is 0 Å². The van der Waals surface area contributed by atoms with Crippen LogP contribution in [0.4, 0.5) is 0 Å². The van der Waals surface area contributed by atoms with Crippen molar-refractivity contribution in [3.63, 3.8) is 0 Å². The number of unbranched alkanes of at least 4 members (excludes halogenated alkanes) is 14. The van der Waals surface area contributed by atoms with Crippen LogP contribution in [0, 0.1) is 0 Å². The monoisotopic (exact) mass is 437 g/mol. The summed E-state index contributed by atoms with van der Waals surface area (Å²) >= 11 is 0. The summed E-state index contributed by atoms with van der Waals surface area (Å²) in [5.74, 6) is -3.09. The molecule has 6 nitrogen and oxygen atoms in total. The van der Waals surface area contributed by atoms with Crippen molar-refractivity contribution in [1.82, 2.24) is 0 Å². The molecule has 29 heavy (non-hydrogen) atoms. The molecule has 2 N–H and O–H groups in total. The zero-order valence-corrected chi connectivity index (χ0v) is 21.8. The van der Waals surface area contributed by atoms with Crippen LogP contribution in [-0.2, 0) is 19.1 Å². The van der Waals surface area contributed by atoms with E-state index in [4.69, 9.17) is 5.73 Å². The van der Waals surface area contributed by atoms with Gasteiger partial charge in [-0.05, 0) is 6.42 Å². The van der Waals surface area contributed by atoms with Crippen molar-refractivity contribution in [3.8, 4) is 0 Å². The molecule has 0 spiro atoms. The normalized spacial score (nSPS) is 11.5. The minimum Gasteiger partial charge on any atom is -0.550 e. The topological polar surface area (TPSA) is 110 Å². The van der Waals surface area contributed by atoms with Crippen LogP contribution in [0.3, 0.4) is 0 Å². The SMILES string of the molecule is CCCCCCCCCCCCCCCCCC(=O)OC(=O)[C@H](N)CC(=O)[O-].[K+]. The molecule has 0 unspecified atom stereocenters. The number of nitrogens with two attached hydrogens (primary N) is 1. The Morgan fingerprint density at radius 2 is 1.14 bits per heavy atom. The third-order valence-corrected chi connectivity index (χ3v) is 4.89. The molecule has 0 aliphatic carbocycles. The molecule has 0 aromatic rings. The number of aliphatic carboxylic acids is 1. The van der Waals surface area contributed by atoms with Crippen molar-refractivity contribution in [2.75, 3.05) is 0 Å². The number of esters is 2. The Bertz CT molecular complexity index is 431. The van der Waals surface area contributed by atoms with Gasteiger partial charge >= 0.3 is 63.3 Å². The van der Waals surface area contributed by atoms with Crippen LogP contribution < -0.4 is 62.2 Å². The number of hydrogen-bond donors (Lipinski definition) is 1. The first-order valence-electron chi connectivity index (χ1n) is 11.2. The Labute approximate surface area is 219 Å². The molecule has 0 fully saturated rings. The number of rotatable bonds is 19. The van der Waals surface area contributed by atoms with Crippen molar-refractivity contribution in [2.45, 2.75) is 122 Å². The average molecular weight is 438 g/mol. The van der Waals surface area contributed by atoms with Gasteiger partial charge in [0.25, 0.3) is 0 Å². The fraction of sp³-hybridized carbons (Fsp3) is 0.864. The minimum atomic E-state index is -1.45. The summed E-state index contributed by atoms with van der Waals surface area (Å²) < 4.78 is 4.54. The first-order valence-corrected chi connectivity index (χ1v) is 11.2. The predicted molar refractivity (Wildman–Crippen MR) is 108 cm³/mol. The Kier molecular flexibility index (Phi) is 24.8. The summed E-state index contributed by atoms with van der Waals surface area (Å²) in [7, 11) is 0. The number of carbonyl (C=O) groups is 3. The van der Waals surface area contributed by atoms with Gasteiger partial charge in [0.05, 0.1) is 0 Å². The average Bonchev–Trinajstić information content (AvgIpc) is 2.64. The van der Waals surface area contributed by atoms with Crippen LogP contribution in [0.5, 0.6) is 0 Å². The molecule has 0 aliphatic heterocycles. The first-order chi connectivity index (χ1) is 13.5. The molecule has 164 valence electrons. The number of ether oxygens (including phenoxy) is 1. The van der Waals surface area contributed by atoms with Gasteiger partial charge in [-0.2, -0.15) is 0 Å². The van der Waals surface area contributed by atoms with Crippen LogP contribution in [0.1, 0.15) is 116 Å². The largest absolute Gasteiger partial charge is 1.00 e. The molecule has 0 aliphatic rings. The Morgan fingerprint density at radius 1 is 0.759 bits per heavy atom. The van der Waals surface area contributed by atoms with Gasteiger partial charge in [0, 0.05) is 18.8 Å². The molecule has 1 atom stereocenters. The number of carboxylic acid groups (broad SMARTS) is 1. The summed E-state index contributed by atoms with van der Waals surface area (Å²) in [4.78, 5) is 33.3. The molecule has 0 radical (unpaired) electrons. The van der Waals surface area contributed by atoms with Gasteiger partial charge in [0.2, 0.25) is 0 Å². The van der Waals surface area contributed by atoms with Gasteiger partial charge in [0.15, 0.2) is 0 Å². The van der Waals surface area contributed by atoms with Crippen molar-refractivity contribution in [3.05, 3.63) is 0 Å². The van der Waals surface area contributed by atoms with Crippen LogP contribution in [0.2, 0.25) is 0 Å². The fourth-order valence-electron chi connectivity index (χ4n) is 3.14. The second-order valence-electron chi connectivity index (χ2n) is 7.68. The zero-order valence-electron chi connectivity index (χ0n) is 18.7. The van der Waals surface area contributed by atoms with E-state index in [0.29, 0.717) is 6.42 Å². The second-order valence-corrected chi connectivity index (χ2v) is 7.68. The first kappa shape index (κ1) is 31.4. The Hall–Kier alpha value is 0.206. The Morgan fingerprint density at radius 3 is 1.52 bits per heavy atom. The Balaban J connectivity index is 0. The summed E-state index contributed by atoms with van der Waals surface area (Å²) in [5, 5.41) is 10.3. The van der Waals surface area contributed by atoms with Gasteiger partial charge in [0.1, 0.15) is 6.04 Å². The minimum absolute atomic E-state index is 0. The second kappa shape index (κ2) is 22.9. The molecule has 0 aromatic heterocycles. The molecule has 0 aromatic carbocycles. The maximum absolute atomic E-state index is 11.5. The summed E-state index contributed by atoms with van der Waals surface area (Å²) in [5.41, 5.74) is 5.30. The van der Waals surface area contributed by atoms with Crippen molar-refractivity contribution >= 4 is 17.9 Å². The third-order valence-electron chi connectivity index (χ3n) is 4.89. The van der Waals surface area contributed by atoms with Crippen molar-refractivity contribution in [2.24, 2.45) is 5.73 Å². The van der Waals surface area contributed by atoms with E-state index in [1.807, 2.05) is 0 Å². The molecule has 0 saturated heterocycles. The summed E-state index contributed by atoms with van der Waals surface area (Å²) in [6.45, 7) is 2.25. The zero-order chi connectivity index (χ0) is 21.0. The van der Waals surface area contributed by atoms with Crippen LogP contribution in [0.25, 0.3) is 0 Å². The quantitative estimate of drug-likeness (QED) is 0.138. The van der Waals surface area contributed by atoms with E-state index >= 15 is 0 Å². The van der Waals surface area contributed by atoms with E-state index in [2.05, 4.69) is 11.7 Å². The van der Waals surface area contributed by atoms with Crippen molar-refractivity contribution < 1.29 is 75.6 Å². The van der Waals surface area contributed by atoms with Crippen LogP contribution in [-0.4, -0.2) is 23.9 Å². The molecule has 0 heterocycles. The van der Waals surface area contributed by atoms with E-state index in [1.165, 1.54) is 77.0 Å². The molecule has 0 bridgehead atoms.